The maximum atomic E-state index is 11.5. The molecule has 0 bridgehead atoms. The van der Waals surface area contributed by atoms with Crippen LogP contribution in [0.5, 0.6) is 0 Å². The molecule has 0 aromatic carbocycles. The van der Waals surface area contributed by atoms with Crippen molar-refractivity contribution in [1.82, 2.24) is 10.5 Å². The molecule has 1 rings (SSSR count). The first-order valence-corrected chi connectivity index (χ1v) is 4.45. The van der Waals surface area contributed by atoms with Crippen LogP contribution in [0, 0.1) is 0 Å². The Morgan fingerprint density at radius 2 is 2.50 bits per heavy atom. The number of aromatic nitrogens is 1. The lowest BCUT2D eigenvalue weighted by atomic mass is 10.0. The first-order valence-electron chi connectivity index (χ1n) is 4.45. The molecule has 0 saturated carbocycles. The Balaban J connectivity index is 2.65. The fraction of sp³-hybridized carbons (Fsp3) is 0.556. The third-order valence-electron chi connectivity index (χ3n) is 2.22. The second-order valence-corrected chi connectivity index (χ2v) is 3.41. The lowest BCUT2D eigenvalue weighted by Crippen LogP contribution is -2.48. The second-order valence-electron chi connectivity index (χ2n) is 3.41. The van der Waals surface area contributed by atoms with Crippen LogP contribution in [0.3, 0.4) is 0 Å². The molecule has 0 aliphatic rings. The van der Waals surface area contributed by atoms with E-state index < -0.39 is 5.54 Å². The molecule has 0 radical (unpaired) electrons. The molecule has 78 valence electrons. The van der Waals surface area contributed by atoms with Crippen LogP contribution >= 0.6 is 0 Å². The first-order chi connectivity index (χ1) is 6.61. The van der Waals surface area contributed by atoms with Crippen molar-refractivity contribution in [3.8, 4) is 0 Å². The van der Waals surface area contributed by atoms with Gasteiger partial charge in [-0.1, -0.05) is 12.1 Å². The summed E-state index contributed by atoms with van der Waals surface area (Å²) in [5.74, 6) is -0.336. The molecule has 0 aliphatic carbocycles. The van der Waals surface area contributed by atoms with Gasteiger partial charge in [0, 0.05) is 6.07 Å². The highest BCUT2D eigenvalue weighted by Gasteiger charge is 2.24. The molecule has 1 heterocycles. The average molecular weight is 198 g/mol. The molecule has 0 saturated heterocycles. The lowest BCUT2D eigenvalue weighted by molar-refractivity contribution is 0.0838. The number of amides is 1. The molecule has 1 aromatic heterocycles. The van der Waals surface area contributed by atoms with E-state index in [-0.39, 0.29) is 18.2 Å². The number of hydrogen-bond donors (Lipinski definition) is 2. The number of carbonyl (C=O) groups is 1. The molecule has 5 heteroatoms. The largest absolute Gasteiger partial charge is 0.394 e. The number of rotatable bonds is 4. The predicted octanol–water partition coefficient (Wildman–Crippen LogP) is 0.565. The molecular weight excluding hydrogens is 184 g/mol. The van der Waals surface area contributed by atoms with Crippen molar-refractivity contribution >= 4 is 5.91 Å². The summed E-state index contributed by atoms with van der Waals surface area (Å²) in [5.41, 5.74) is -0.381. The fourth-order valence-corrected chi connectivity index (χ4v) is 0.908. The van der Waals surface area contributed by atoms with Crippen LogP contribution < -0.4 is 5.32 Å². The highest BCUT2D eigenvalue weighted by atomic mass is 16.5. The predicted molar refractivity (Wildman–Crippen MR) is 49.8 cm³/mol. The number of aliphatic hydroxyl groups is 1. The summed E-state index contributed by atoms with van der Waals surface area (Å²) >= 11 is 0. The van der Waals surface area contributed by atoms with E-state index in [4.69, 9.17) is 5.11 Å². The molecule has 2 N–H and O–H groups in total. The Bertz CT molecular complexity index is 291. The van der Waals surface area contributed by atoms with E-state index in [1.165, 1.54) is 12.3 Å². The van der Waals surface area contributed by atoms with Gasteiger partial charge in [-0.3, -0.25) is 4.79 Å². The van der Waals surface area contributed by atoms with E-state index in [0.717, 1.165) is 0 Å². The topological polar surface area (TPSA) is 75.4 Å². The summed E-state index contributed by atoms with van der Waals surface area (Å²) in [6, 6.07) is 1.47. The van der Waals surface area contributed by atoms with Gasteiger partial charge < -0.3 is 14.9 Å². The molecule has 1 atom stereocenters. The minimum Gasteiger partial charge on any atom is -0.394 e. The zero-order chi connectivity index (χ0) is 10.6. The van der Waals surface area contributed by atoms with E-state index >= 15 is 0 Å². The summed E-state index contributed by atoms with van der Waals surface area (Å²) in [5, 5.41) is 15.3. The number of nitrogens with zero attached hydrogens (tertiary/aromatic N) is 1. The number of nitrogens with one attached hydrogen (secondary N) is 1. The van der Waals surface area contributed by atoms with Crippen molar-refractivity contribution in [2.45, 2.75) is 25.8 Å². The third-order valence-corrected chi connectivity index (χ3v) is 2.22. The van der Waals surface area contributed by atoms with E-state index in [1.54, 1.807) is 6.92 Å². The second kappa shape index (κ2) is 4.23. The minimum atomic E-state index is -0.601. The molecular formula is C9H14N2O3. The van der Waals surface area contributed by atoms with Gasteiger partial charge in [0.25, 0.3) is 5.91 Å². The maximum Gasteiger partial charge on any atom is 0.273 e. The molecule has 1 aromatic rings. The smallest absolute Gasteiger partial charge is 0.273 e. The summed E-state index contributed by atoms with van der Waals surface area (Å²) < 4.78 is 4.54. The molecule has 14 heavy (non-hydrogen) atoms. The Morgan fingerprint density at radius 3 is 2.93 bits per heavy atom. The third kappa shape index (κ3) is 2.32. The average Bonchev–Trinajstić information content (AvgIpc) is 2.70. The molecule has 0 spiro atoms. The molecule has 1 unspecified atom stereocenters. The van der Waals surface area contributed by atoms with E-state index in [0.29, 0.717) is 6.42 Å². The van der Waals surface area contributed by atoms with Gasteiger partial charge in [0.2, 0.25) is 0 Å². The molecule has 1 amide bonds. The van der Waals surface area contributed by atoms with Gasteiger partial charge in [-0.15, -0.1) is 0 Å². The molecule has 0 aliphatic heterocycles. The van der Waals surface area contributed by atoms with E-state index in [2.05, 4.69) is 15.0 Å². The maximum absolute atomic E-state index is 11.5. The number of carbonyl (C=O) groups excluding carboxylic acids is 1. The van der Waals surface area contributed by atoms with Crippen LogP contribution in [-0.2, 0) is 0 Å². The first kappa shape index (κ1) is 10.7. The van der Waals surface area contributed by atoms with Crippen LogP contribution in [0.1, 0.15) is 30.8 Å². The van der Waals surface area contributed by atoms with Gasteiger partial charge in [-0.25, -0.2) is 0 Å². The Hall–Kier alpha value is -1.36. The monoisotopic (exact) mass is 198 g/mol. The normalized spacial score (nSPS) is 14.8. The van der Waals surface area contributed by atoms with Gasteiger partial charge in [0.15, 0.2) is 5.69 Å². The van der Waals surface area contributed by atoms with Crippen molar-refractivity contribution in [3.05, 3.63) is 18.0 Å². The van der Waals surface area contributed by atoms with Crippen LogP contribution in [0.15, 0.2) is 16.9 Å². The standard InChI is InChI=1S/C9H14N2O3/c1-3-9(2,6-12)10-8(13)7-4-5-14-11-7/h4-5,12H,3,6H2,1-2H3,(H,10,13). The molecule has 0 fully saturated rings. The van der Waals surface area contributed by atoms with Gasteiger partial charge >= 0.3 is 0 Å². The van der Waals surface area contributed by atoms with Crippen molar-refractivity contribution in [2.24, 2.45) is 0 Å². The van der Waals surface area contributed by atoms with Gasteiger partial charge in [0.05, 0.1) is 12.1 Å². The highest BCUT2D eigenvalue weighted by molar-refractivity contribution is 5.92. The fourth-order valence-electron chi connectivity index (χ4n) is 0.908. The van der Waals surface area contributed by atoms with Gasteiger partial charge in [0.1, 0.15) is 6.26 Å². The van der Waals surface area contributed by atoms with Crippen molar-refractivity contribution in [1.29, 1.82) is 0 Å². The van der Waals surface area contributed by atoms with E-state index in [1.807, 2.05) is 6.92 Å². The summed E-state index contributed by atoms with van der Waals surface area (Å²) in [4.78, 5) is 11.5. The number of aliphatic hydroxyl groups excluding tert-OH is 1. The lowest BCUT2D eigenvalue weighted by Gasteiger charge is -2.26. The number of hydrogen-bond acceptors (Lipinski definition) is 4. The van der Waals surface area contributed by atoms with Crippen molar-refractivity contribution < 1.29 is 14.4 Å². The summed E-state index contributed by atoms with van der Waals surface area (Å²) in [7, 11) is 0. The minimum absolute atomic E-state index is 0.104. The van der Waals surface area contributed by atoms with E-state index in [9.17, 15) is 4.79 Å². The van der Waals surface area contributed by atoms with Crippen molar-refractivity contribution in [2.75, 3.05) is 6.61 Å². The van der Waals surface area contributed by atoms with Crippen LogP contribution in [-0.4, -0.2) is 28.3 Å². The SMILES string of the molecule is CCC(C)(CO)NC(=O)c1ccon1. The summed E-state index contributed by atoms with van der Waals surface area (Å²) in [6.45, 7) is 3.55. The van der Waals surface area contributed by atoms with Crippen LogP contribution in [0.2, 0.25) is 0 Å². The zero-order valence-electron chi connectivity index (χ0n) is 8.28. The summed E-state index contributed by atoms with van der Waals surface area (Å²) in [6.07, 6.45) is 1.98. The Morgan fingerprint density at radius 1 is 1.79 bits per heavy atom. The quantitative estimate of drug-likeness (QED) is 0.741. The Labute approximate surface area is 82.1 Å². The highest BCUT2D eigenvalue weighted by Crippen LogP contribution is 2.08. The van der Waals surface area contributed by atoms with Gasteiger partial charge in [-0.05, 0) is 13.3 Å². The van der Waals surface area contributed by atoms with Crippen molar-refractivity contribution in [3.63, 3.8) is 0 Å². The molecule has 5 nitrogen and oxygen atoms in total. The van der Waals surface area contributed by atoms with Crippen LogP contribution in [0.25, 0.3) is 0 Å². The van der Waals surface area contributed by atoms with Gasteiger partial charge in [-0.2, -0.15) is 0 Å². The Kier molecular flexibility index (Phi) is 3.24. The zero-order valence-corrected chi connectivity index (χ0v) is 8.28. The van der Waals surface area contributed by atoms with Crippen LogP contribution in [0.4, 0.5) is 0 Å².